The lowest BCUT2D eigenvalue weighted by Gasteiger charge is -2.23. The average Bonchev–Trinajstić information content (AvgIpc) is 2.61. The van der Waals surface area contributed by atoms with E-state index in [0.717, 1.165) is 12.1 Å². The highest BCUT2D eigenvalue weighted by molar-refractivity contribution is 6.11. The largest absolute Gasteiger partial charge is 0.508 e. The van der Waals surface area contributed by atoms with Crippen LogP contribution in [0.1, 0.15) is 10.4 Å². The van der Waals surface area contributed by atoms with E-state index in [4.69, 9.17) is 0 Å². The Bertz CT molecular complexity index is 862. The maximum atomic E-state index is 13.3. The molecule has 0 saturated heterocycles. The Morgan fingerprint density at radius 3 is 1.68 bits per heavy atom. The molecule has 0 bridgehead atoms. The summed E-state index contributed by atoms with van der Waals surface area (Å²) in [5.74, 6) is -1.87. The minimum atomic E-state index is -0.822. The zero-order chi connectivity index (χ0) is 18.0. The molecule has 0 aromatic heterocycles. The van der Waals surface area contributed by atoms with Crippen molar-refractivity contribution in [1.29, 1.82) is 0 Å². The molecule has 0 saturated carbocycles. The SMILES string of the molecule is O=C(c1ccc(F)c(O)c1)N(c1ccc(O)cc1)c1ccc(O)cc1. The van der Waals surface area contributed by atoms with Crippen LogP contribution >= 0.6 is 0 Å². The Morgan fingerprint density at radius 1 is 0.760 bits per heavy atom. The monoisotopic (exact) mass is 339 g/mol. The molecule has 0 aliphatic rings. The van der Waals surface area contributed by atoms with E-state index in [9.17, 15) is 24.5 Å². The van der Waals surface area contributed by atoms with Gasteiger partial charge in [0.2, 0.25) is 0 Å². The van der Waals surface area contributed by atoms with Crippen LogP contribution in [-0.4, -0.2) is 21.2 Å². The van der Waals surface area contributed by atoms with Gasteiger partial charge >= 0.3 is 0 Å². The second kappa shape index (κ2) is 6.52. The van der Waals surface area contributed by atoms with Gasteiger partial charge in [0.05, 0.1) is 0 Å². The smallest absolute Gasteiger partial charge is 0.262 e. The van der Waals surface area contributed by atoms with Crippen molar-refractivity contribution < 1.29 is 24.5 Å². The number of hydrogen-bond acceptors (Lipinski definition) is 4. The minimum absolute atomic E-state index is 0.0429. The van der Waals surface area contributed by atoms with Gasteiger partial charge in [0, 0.05) is 16.9 Å². The number of benzene rings is 3. The van der Waals surface area contributed by atoms with Gasteiger partial charge in [-0.05, 0) is 66.7 Å². The summed E-state index contributed by atoms with van der Waals surface area (Å²) in [6.07, 6.45) is 0. The van der Waals surface area contributed by atoms with Gasteiger partial charge in [-0.3, -0.25) is 9.69 Å². The van der Waals surface area contributed by atoms with E-state index in [1.54, 1.807) is 24.3 Å². The van der Waals surface area contributed by atoms with Crippen molar-refractivity contribution in [3.63, 3.8) is 0 Å². The van der Waals surface area contributed by atoms with Crippen molar-refractivity contribution in [2.75, 3.05) is 4.90 Å². The van der Waals surface area contributed by atoms with Crippen molar-refractivity contribution in [2.45, 2.75) is 0 Å². The van der Waals surface area contributed by atoms with Crippen LogP contribution in [0.4, 0.5) is 15.8 Å². The van der Waals surface area contributed by atoms with Crippen LogP contribution in [-0.2, 0) is 0 Å². The van der Waals surface area contributed by atoms with Crippen LogP contribution in [0.2, 0.25) is 0 Å². The van der Waals surface area contributed by atoms with E-state index in [2.05, 4.69) is 0 Å². The fourth-order valence-electron chi connectivity index (χ4n) is 2.36. The molecule has 0 unspecified atom stereocenters. The van der Waals surface area contributed by atoms with Crippen LogP contribution in [0.3, 0.4) is 0 Å². The molecule has 3 rings (SSSR count). The molecule has 0 spiro atoms. The number of amides is 1. The van der Waals surface area contributed by atoms with Gasteiger partial charge in [-0.15, -0.1) is 0 Å². The molecule has 1 amide bonds. The van der Waals surface area contributed by atoms with Gasteiger partial charge < -0.3 is 15.3 Å². The summed E-state index contributed by atoms with van der Waals surface area (Å²) in [6.45, 7) is 0. The van der Waals surface area contributed by atoms with Crippen LogP contribution in [0.5, 0.6) is 17.2 Å². The van der Waals surface area contributed by atoms with E-state index < -0.39 is 17.5 Å². The summed E-state index contributed by atoms with van der Waals surface area (Å²) in [7, 11) is 0. The van der Waals surface area contributed by atoms with E-state index in [1.165, 1.54) is 35.2 Å². The van der Waals surface area contributed by atoms with Crippen molar-refractivity contribution in [3.05, 3.63) is 78.1 Å². The van der Waals surface area contributed by atoms with Crippen molar-refractivity contribution in [2.24, 2.45) is 0 Å². The average molecular weight is 339 g/mol. The summed E-state index contributed by atoms with van der Waals surface area (Å²) in [5, 5.41) is 28.4. The number of rotatable bonds is 3. The summed E-state index contributed by atoms with van der Waals surface area (Å²) in [6, 6.07) is 15.2. The van der Waals surface area contributed by atoms with E-state index >= 15 is 0 Å². The third-order valence-corrected chi connectivity index (χ3v) is 3.61. The molecule has 0 heterocycles. The molecule has 5 nitrogen and oxygen atoms in total. The van der Waals surface area contributed by atoms with Crippen molar-refractivity contribution in [3.8, 4) is 17.2 Å². The van der Waals surface area contributed by atoms with Crippen molar-refractivity contribution >= 4 is 17.3 Å². The first-order chi connectivity index (χ1) is 12.0. The van der Waals surface area contributed by atoms with Gasteiger partial charge in [0.25, 0.3) is 5.91 Å². The topological polar surface area (TPSA) is 81.0 Å². The highest BCUT2D eigenvalue weighted by Gasteiger charge is 2.21. The summed E-state index contributed by atoms with van der Waals surface area (Å²) < 4.78 is 13.3. The summed E-state index contributed by atoms with van der Waals surface area (Å²) in [5.41, 5.74) is 0.995. The van der Waals surface area contributed by atoms with E-state index in [-0.39, 0.29) is 17.1 Å². The predicted octanol–water partition coefficient (Wildman–Crippen LogP) is 3.92. The first kappa shape index (κ1) is 16.3. The summed E-state index contributed by atoms with van der Waals surface area (Å²) >= 11 is 0. The molecule has 25 heavy (non-hydrogen) atoms. The fraction of sp³-hybridized carbons (Fsp3) is 0. The van der Waals surface area contributed by atoms with Gasteiger partial charge in [-0.1, -0.05) is 0 Å². The fourth-order valence-corrected chi connectivity index (χ4v) is 2.36. The molecular formula is C19H14FNO4. The molecule has 3 aromatic rings. The number of aromatic hydroxyl groups is 3. The number of phenolic OH excluding ortho intramolecular Hbond substituents is 3. The first-order valence-electron chi connectivity index (χ1n) is 7.37. The third-order valence-electron chi connectivity index (χ3n) is 3.61. The summed E-state index contributed by atoms with van der Waals surface area (Å²) in [4.78, 5) is 14.3. The van der Waals surface area contributed by atoms with E-state index in [1.807, 2.05) is 0 Å². The van der Waals surface area contributed by atoms with Crippen LogP contribution in [0, 0.1) is 5.82 Å². The number of carbonyl (C=O) groups is 1. The number of phenols is 3. The zero-order valence-corrected chi connectivity index (χ0v) is 12.9. The lowest BCUT2D eigenvalue weighted by Crippen LogP contribution is -2.25. The molecule has 0 radical (unpaired) electrons. The maximum Gasteiger partial charge on any atom is 0.262 e. The molecule has 0 aliphatic carbocycles. The van der Waals surface area contributed by atoms with Crippen LogP contribution in [0.15, 0.2) is 66.7 Å². The Morgan fingerprint density at radius 2 is 1.24 bits per heavy atom. The minimum Gasteiger partial charge on any atom is -0.508 e. The Hall–Kier alpha value is -3.54. The van der Waals surface area contributed by atoms with E-state index in [0.29, 0.717) is 11.4 Å². The number of anilines is 2. The maximum absolute atomic E-state index is 13.3. The van der Waals surface area contributed by atoms with Gasteiger partial charge in [0.1, 0.15) is 11.5 Å². The Kier molecular flexibility index (Phi) is 4.26. The highest BCUT2D eigenvalue weighted by atomic mass is 19.1. The highest BCUT2D eigenvalue weighted by Crippen LogP contribution is 2.31. The van der Waals surface area contributed by atoms with Gasteiger partial charge in [0.15, 0.2) is 11.6 Å². The molecule has 0 fully saturated rings. The number of carbonyl (C=O) groups excluding carboxylic acids is 1. The van der Waals surface area contributed by atoms with Gasteiger partial charge in [-0.25, -0.2) is 4.39 Å². The molecular weight excluding hydrogens is 325 g/mol. The molecule has 3 N–H and O–H groups in total. The predicted molar refractivity (Wildman–Crippen MR) is 90.7 cm³/mol. The number of halogens is 1. The van der Waals surface area contributed by atoms with Crippen molar-refractivity contribution in [1.82, 2.24) is 0 Å². The molecule has 6 heteroatoms. The van der Waals surface area contributed by atoms with Crippen LogP contribution in [0.25, 0.3) is 0 Å². The lowest BCUT2D eigenvalue weighted by molar-refractivity contribution is 0.0998. The molecule has 3 aromatic carbocycles. The van der Waals surface area contributed by atoms with Gasteiger partial charge in [-0.2, -0.15) is 0 Å². The molecule has 126 valence electrons. The Balaban J connectivity index is 2.09. The molecule has 0 atom stereocenters. The quantitative estimate of drug-likeness (QED) is 0.675. The normalized spacial score (nSPS) is 10.4. The first-order valence-corrected chi connectivity index (χ1v) is 7.37. The van der Waals surface area contributed by atoms with Crippen LogP contribution < -0.4 is 4.90 Å². The standard InChI is InChI=1S/C19H14FNO4/c20-17-10-1-12(11-18(17)24)19(25)21(13-2-6-15(22)7-3-13)14-4-8-16(23)9-5-14/h1-11,22-24H. The number of nitrogens with zero attached hydrogens (tertiary/aromatic N) is 1. The second-order valence-corrected chi connectivity index (χ2v) is 5.34. The third kappa shape index (κ3) is 3.37. The molecule has 0 aliphatic heterocycles. The lowest BCUT2D eigenvalue weighted by atomic mass is 10.1. The Labute approximate surface area is 142 Å². The second-order valence-electron chi connectivity index (χ2n) is 5.34. The zero-order valence-electron chi connectivity index (χ0n) is 12.9. The number of hydrogen-bond donors (Lipinski definition) is 3.